The van der Waals surface area contributed by atoms with Crippen molar-refractivity contribution in [3.63, 3.8) is 0 Å². The standard InChI is InChI=1S/C24H18BrNO4/c1-28-21-12-7-15(14-22(21)29-2)13-18(23(27)16-8-10-17(25)11-9-16)24-26-19-5-3-4-6-20(19)30-24/h3-14H,1-2H3. The van der Waals surface area contributed by atoms with Gasteiger partial charge >= 0.3 is 0 Å². The first-order valence-electron chi connectivity index (χ1n) is 9.19. The van der Waals surface area contributed by atoms with Gasteiger partial charge in [0.05, 0.1) is 19.8 Å². The zero-order valence-electron chi connectivity index (χ0n) is 16.4. The highest BCUT2D eigenvalue weighted by molar-refractivity contribution is 9.10. The van der Waals surface area contributed by atoms with E-state index in [0.29, 0.717) is 33.7 Å². The molecule has 0 saturated heterocycles. The predicted molar refractivity (Wildman–Crippen MR) is 120 cm³/mol. The van der Waals surface area contributed by atoms with Crippen LogP contribution in [0.4, 0.5) is 0 Å². The lowest BCUT2D eigenvalue weighted by molar-refractivity contribution is 0.105. The van der Waals surface area contributed by atoms with Crippen LogP contribution < -0.4 is 9.47 Å². The lowest BCUT2D eigenvalue weighted by Gasteiger charge is -2.09. The quantitative estimate of drug-likeness (QED) is 0.258. The van der Waals surface area contributed by atoms with Crippen molar-refractivity contribution in [3.05, 3.63) is 88.2 Å². The van der Waals surface area contributed by atoms with E-state index in [-0.39, 0.29) is 11.7 Å². The van der Waals surface area contributed by atoms with Gasteiger partial charge in [-0.1, -0.05) is 34.1 Å². The van der Waals surface area contributed by atoms with Gasteiger partial charge in [-0.05, 0) is 60.2 Å². The monoisotopic (exact) mass is 463 g/mol. The van der Waals surface area contributed by atoms with Crippen LogP contribution in [0.1, 0.15) is 21.8 Å². The van der Waals surface area contributed by atoms with Crippen molar-refractivity contribution in [2.24, 2.45) is 0 Å². The maximum absolute atomic E-state index is 13.4. The maximum atomic E-state index is 13.4. The number of ether oxygens (including phenoxy) is 2. The number of nitrogens with zero attached hydrogens (tertiary/aromatic N) is 1. The Labute approximate surface area is 182 Å². The fourth-order valence-electron chi connectivity index (χ4n) is 3.08. The van der Waals surface area contributed by atoms with Crippen molar-refractivity contribution >= 4 is 44.5 Å². The SMILES string of the molecule is COc1ccc(C=C(C(=O)c2ccc(Br)cc2)c2nc3ccccc3o2)cc1OC. The molecule has 0 N–H and O–H groups in total. The van der Waals surface area contributed by atoms with Crippen LogP contribution >= 0.6 is 15.9 Å². The van der Waals surface area contributed by atoms with Crippen molar-refractivity contribution in [1.82, 2.24) is 4.98 Å². The topological polar surface area (TPSA) is 61.6 Å². The number of Topliss-reactive ketones (excluding diaryl/α,β-unsaturated/α-hetero) is 1. The molecule has 4 rings (SSSR count). The highest BCUT2D eigenvalue weighted by atomic mass is 79.9. The molecule has 0 saturated carbocycles. The van der Waals surface area contributed by atoms with Gasteiger partial charge in [0.15, 0.2) is 22.9 Å². The van der Waals surface area contributed by atoms with E-state index in [1.54, 1.807) is 44.6 Å². The number of hydrogen-bond acceptors (Lipinski definition) is 5. The van der Waals surface area contributed by atoms with Gasteiger partial charge in [0, 0.05) is 10.0 Å². The Morgan fingerprint density at radius 1 is 0.967 bits per heavy atom. The molecule has 0 aliphatic rings. The summed E-state index contributed by atoms with van der Waals surface area (Å²) in [5, 5.41) is 0. The van der Waals surface area contributed by atoms with Crippen molar-refractivity contribution in [2.45, 2.75) is 0 Å². The summed E-state index contributed by atoms with van der Waals surface area (Å²) >= 11 is 3.40. The second-order valence-corrected chi connectivity index (χ2v) is 7.41. The number of para-hydroxylation sites is 2. The lowest BCUT2D eigenvalue weighted by Crippen LogP contribution is -2.03. The molecule has 5 nitrogen and oxygen atoms in total. The van der Waals surface area contributed by atoms with E-state index < -0.39 is 0 Å². The highest BCUT2D eigenvalue weighted by Crippen LogP contribution is 2.31. The number of carbonyl (C=O) groups is 1. The summed E-state index contributed by atoms with van der Waals surface area (Å²) in [7, 11) is 3.15. The van der Waals surface area contributed by atoms with E-state index in [1.807, 2.05) is 42.5 Å². The molecule has 1 aromatic heterocycles. The summed E-state index contributed by atoms with van der Waals surface area (Å²) in [4.78, 5) is 17.9. The first-order chi connectivity index (χ1) is 14.6. The Hall–Kier alpha value is -3.38. The molecule has 150 valence electrons. The van der Waals surface area contributed by atoms with Gasteiger partial charge in [-0.3, -0.25) is 4.79 Å². The molecule has 0 atom stereocenters. The number of ketones is 1. The fraction of sp³-hybridized carbons (Fsp3) is 0.0833. The van der Waals surface area contributed by atoms with E-state index in [2.05, 4.69) is 20.9 Å². The molecule has 0 bridgehead atoms. The minimum atomic E-state index is -0.191. The number of carbonyl (C=O) groups excluding carboxylic acids is 1. The molecule has 1 heterocycles. The average molecular weight is 464 g/mol. The van der Waals surface area contributed by atoms with E-state index in [4.69, 9.17) is 13.9 Å². The van der Waals surface area contributed by atoms with Crippen molar-refractivity contribution in [3.8, 4) is 11.5 Å². The molecular formula is C24H18BrNO4. The number of methoxy groups -OCH3 is 2. The van der Waals surface area contributed by atoms with Gasteiger partial charge in [-0.25, -0.2) is 4.98 Å². The first-order valence-corrected chi connectivity index (χ1v) is 9.98. The number of benzene rings is 3. The number of rotatable bonds is 6. The normalized spacial score (nSPS) is 11.5. The van der Waals surface area contributed by atoms with Gasteiger partial charge in [-0.15, -0.1) is 0 Å². The predicted octanol–water partition coefficient (Wildman–Crippen LogP) is 6.03. The van der Waals surface area contributed by atoms with Crippen molar-refractivity contribution in [2.75, 3.05) is 14.2 Å². The maximum Gasteiger partial charge on any atom is 0.231 e. The Balaban J connectivity index is 1.85. The van der Waals surface area contributed by atoms with Gasteiger partial charge in [0.1, 0.15) is 5.52 Å². The Morgan fingerprint density at radius 3 is 2.40 bits per heavy atom. The van der Waals surface area contributed by atoms with Crippen LogP contribution in [0.25, 0.3) is 22.7 Å². The molecule has 0 amide bonds. The molecule has 4 aromatic rings. The number of aromatic nitrogens is 1. The minimum Gasteiger partial charge on any atom is -0.493 e. The molecule has 0 fully saturated rings. The largest absolute Gasteiger partial charge is 0.493 e. The van der Waals surface area contributed by atoms with E-state index in [9.17, 15) is 4.79 Å². The molecule has 6 heteroatoms. The summed E-state index contributed by atoms with van der Waals surface area (Å²) in [5.41, 5.74) is 2.95. The summed E-state index contributed by atoms with van der Waals surface area (Å²) in [6.07, 6.45) is 1.75. The molecule has 0 radical (unpaired) electrons. The third kappa shape index (κ3) is 4.00. The van der Waals surface area contributed by atoms with Gasteiger partial charge in [0.2, 0.25) is 5.89 Å². The Morgan fingerprint density at radius 2 is 1.70 bits per heavy atom. The van der Waals surface area contributed by atoms with Crippen LogP contribution in [0.2, 0.25) is 0 Å². The van der Waals surface area contributed by atoms with Gasteiger partial charge < -0.3 is 13.9 Å². The smallest absolute Gasteiger partial charge is 0.231 e. The molecule has 0 unspecified atom stereocenters. The van der Waals surface area contributed by atoms with Crippen LogP contribution in [0.5, 0.6) is 11.5 Å². The number of allylic oxidation sites excluding steroid dienone is 1. The molecule has 30 heavy (non-hydrogen) atoms. The summed E-state index contributed by atoms with van der Waals surface area (Å²) in [6, 6.07) is 20.0. The first kappa shape index (κ1) is 19.9. The zero-order chi connectivity index (χ0) is 21.1. The summed E-state index contributed by atoms with van der Waals surface area (Å²) in [6.45, 7) is 0. The van der Waals surface area contributed by atoms with Crippen LogP contribution in [0.3, 0.4) is 0 Å². The number of oxazole rings is 1. The summed E-state index contributed by atoms with van der Waals surface area (Å²) in [5.74, 6) is 1.25. The lowest BCUT2D eigenvalue weighted by atomic mass is 10.0. The third-order valence-corrected chi connectivity index (χ3v) is 5.12. The number of fused-ring (bicyclic) bond motifs is 1. The second kappa shape index (κ2) is 8.55. The molecule has 0 spiro atoms. The molecular weight excluding hydrogens is 446 g/mol. The number of hydrogen-bond donors (Lipinski definition) is 0. The van der Waals surface area contributed by atoms with E-state index >= 15 is 0 Å². The third-order valence-electron chi connectivity index (χ3n) is 4.59. The summed E-state index contributed by atoms with van der Waals surface area (Å²) < 4.78 is 17.5. The average Bonchev–Trinajstić information content (AvgIpc) is 3.21. The molecule has 3 aromatic carbocycles. The van der Waals surface area contributed by atoms with E-state index in [0.717, 1.165) is 10.0 Å². The highest BCUT2D eigenvalue weighted by Gasteiger charge is 2.20. The Kier molecular flexibility index (Phi) is 5.68. The Bertz CT molecular complexity index is 1210. The van der Waals surface area contributed by atoms with Gasteiger partial charge in [-0.2, -0.15) is 0 Å². The van der Waals surface area contributed by atoms with E-state index in [1.165, 1.54) is 0 Å². The van der Waals surface area contributed by atoms with Crippen LogP contribution in [-0.4, -0.2) is 25.0 Å². The van der Waals surface area contributed by atoms with Crippen LogP contribution in [0.15, 0.2) is 75.6 Å². The van der Waals surface area contributed by atoms with Crippen LogP contribution in [-0.2, 0) is 0 Å². The molecule has 0 aliphatic carbocycles. The fourth-order valence-corrected chi connectivity index (χ4v) is 3.34. The minimum absolute atomic E-state index is 0.191. The second-order valence-electron chi connectivity index (χ2n) is 6.50. The van der Waals surface area contributed by atoms with Crippen molar-refractivity contribution in [1.29, 1.82) is 0 Å². The van der Waals surface area contributed by atoms with Gasteiger partial charge in [0.25, 0.3) is 0 Å². The zero-order valence-corrected chi connectivity index (χ0v) is 18.0. The van der Waals surface area contributed by atoms with Crippen molar-refractivity contribution < 1.29 is 18.7 Å². The van der Waals surface area contributed by atoms with Crippen LogP contribution in [0, 0.1) is 0 Å². The molecule has 0 aliphatic heterocycles. The number of halogens is 1.